The molecule has 3 heteroatoms. The van der Waals surface area contributed by atoms with E-state index >= 15 is 0 Å². The first-order valence-corrected chi connectivity index (χ1v) is 4.82. The second-order valence-corrected chi connectivity index (χ2v) is 3.32. The Bertz CT molecular complexity index is 396. The number of oxazole rings is 1. The highest BCUT2D eigenvalue weighted by Crippen LogP contribution is 2.15. The maximum Gasteiger partial charge on any atom is 0.181 e. The standard InChI is InChI=1S/C10H10ClNO/c11-5-1-2-8-3-4-9-10(6-8)13-7-12-9/h3-4,6-7H,1-2,5H2. The molecule has 13 heavy (non-hydrogen) atoms. The van der Waals surface area contributed by atoms with Crippen molar-refractivity contribution in [3.63, 3.8) is 0 Å². The average molecular weight is 196 g/mol. The van der Waals surface area contributed by atoms with Crippen LogP contribution in [0.3, 0.4) is 0 Å². The molecular formula is C10H10ClNO. The van der Waals surface area contributed by atoms with Crippen LogP contribution >= 0.6 is 11.6 Å². The van der Waals surface area contributed by atoms with Crippen LogP contribution < -0.4 is 0 Å². The fourth-order valence-corrected chi connectivity index (χ4v) is 1.46. The lowest BCUT2D eigenvalue weighted by atomic mass is 10.1. The molecular weight excluding hydrogens is 186 g/mol. The zero-order chi connectivity index (χ0) is 9.10. The van der Waals surface area contributed by atoms with Gasteiger partial charge in [0.05, 0.1) is 0 Å². The summed E-state index contributed by atoms with van der Waals surface area (Å²) in [6.45, 7) is 0. The van der Waals surface area contributed by atoms with Crippen LogP contribution in [-0.2, 0) is 6.42 Å². The Kier molecular flexibility index (Phi) is 2.50. The Morgan fingerprint density at radius 2 is 2.31 bits per heavy atom. The number of benzene rings is 1. The number of nitrogens with zero attached hydrogens (tertiary/aromatic N) is 1. The van der Waals surface area contributed by atoms with Crippen molar-refractivity contribution in [2.45, 2.75) is 12.8 Å². The van der Waals surface area contributed by atoms with E-state index in [0.29, 0.717) is 5.88 Å². The number of aryl methyl sites for hydroxylation is 1. The Morgan fingerprint density at radius 1 is 1.38 bits per heavy atom. The largest absolute Gasteiger partial charge is 0.443 e. The number of halogens is 1. The summed E-state index contributed by atoms with van der Waals surface area (Å²) in [6.07, 6.45) is 3.47. The molecule has 0 amide bonds. The monoisotopic (exact) mass is 195 g/mol. The van der Waals surface area contributed by atoms with E-state index in [9.17, 15) is 0 Å². The Morgan fingerprint density at radius 3 is 3.15 bits per heavy atom. The van der Waals surface area contributed by atoms with Crippen molar-refractivity contribution in [1.82, 2.24) is 4.98 Å². The smallest absolute Gasteiger partial charge is 0.181 e. The fraction of sp³-hybridized carbons (Fsp3) is 0.300. The third-order valence-electron chi connectivity index (χ3n) is 1.99. The van der Waals surface area contributed by atoms with Crippen molar-refractivity contribution in [3.05, 3.63) is 30.2 Å². The third kappa shape index (κ3) is 1.83. The molecule has 0 aliphatic carbocycles. The third-order valence-corrected chi connectivity index (χ3v) is 2.26. The lowest BCUT2D eigenvalue weighted by Gasteiger charge is -1.97. The van der Waals surface area contributed by atoms with E-state index in [1.165, 1.54) is 12.0 Å². The average Bonchev–Trinajstić information content (AvgIpc) is 2.61. The second kappa shape index (κ2) is 3.79. The molecule has 0 N–H and O–H groups in total. The molecule has 0 spiro atoms. The Hall–Kier alpha value is -1.02. The molecule has 1 heterocycles. The molecule has 0 fully saturated rings. The molecule has 2 nitrogen and oxygen atoms in total. The number of hydrogen-bond donors (Lipinski definition) is 0. The van der Waals surface area contributed by atoms with Crippen molar-refractivity contribution in [2.75, 3.05) is 5.88 Å². The number of aromatic nitrogens is 1. The Balaban J connectivity index is 2.26. The van der Waals surface area contributed by atoms with Crippen LogP contribution in [0.15, 0.2) is 29.0 Å². The van der Waals surface area contributed by atoms with Gasteiger partial charge >= 0.3 is 0 Å². The van der Waals surface area contributed by atoms with Gasteiger partial charge in [-0.05, 0) is 30.5 Å². The molecule has 2 aromatic rings. The molecule has 0 aliphatic heterocycles. The second-order valence-electron chi connectivity index (χ2n) is 2.95. The van der Waals surface area contributed by atoms with Crippen LogP contribution in [0.25, 0.3) is 11.1 Å². The number of alkyl halides is 1. The predicted molar refractivity (Wildman–Crippen MR) is 53.1 cm³/mol. The van der Waals surface area contributed by atoms with Crippen LogP contribution in [0, 0.1) is 0 Å². The van der Waals surface area contributed by atoms with Crippen LogP contribution in [0.2, 0.25) is 0 Å². The molecule has 0 saturated carbocycles. The van der Waals surface area contributed by atoms with Gasteiger partial charge < -0.3 is 4.42 Å². The molecule has 0 saturated heterocycles. The van der Waals surface area contributed by atoms with Gasteiger partial charge in [-0.1, -0.05) is 6.07 Å². The van der Waals surface area contributed by atoms with E-state index < -0.39 is 0 Å². The van der Waals surface area contributed by atoms with Gasteiger partial charge in [0.2, 0.25) is 0 Å². The quantitative estimate of drug-likeness (QED) is 0.704. The van der Waals surface area contributed by atoms with E-state index in [1.54, 1.807) is 0 Å². The van der Waals surface area contributed by atoms with Crippen LogP contribution in [0.1, 0.15) is 12.0 Å². The molecule has 0 radical (unpaired) electrons. The zero-order valence-electron chi connectivity index (χ0n) is 7.16. The van der Waals surface area contributed by atoms with E-state index in [4.69, 9.17) is 16.0 Å². The molecule has 0 aliphatic rings. The van der Waals surface area contributed by atoms with Gasteiger partial charge in [0.15, 0.2) is 12.0 Å². The zero-order valence-corrected chi connectivity index (χ0v) is 7.92. The van der Waals surface area contributed by atoms with Crippen molar-refractivity contribution >= 4 is 22.7 Å². The topological polar surface area (TPSA) is 26.0 Å². The van der Waals surface area contributed by atoms with E-state index in [0.717, 1.165) is 23.9 Å². The van der Waals surface area contributed by atoms with Gasteiger partial charge in [-0.25, -0.2) is 4.98 Å². The van der Waals surface area contributed by atoms with E-state index in [-0.39, 0.29) is 0 Å². The minimum Gasteiger partial charge on any atom is -0.443 e. The summed E-state index contributed by atoms with van der Waals surface area (Å²) >= 11 is 5.61. The lowest BCUT2D eigenvalue weighted by molar-refractivity contribution is 0.601. The minimum absolute atomic E-state index is 0.703. The van der Waals surface area contributed by atoms with Crippen molar-refractivity contribution in [3.8, 4) is 0 Å². The predicted octanol–water partition coefficient (Wildman–Crippen LogP) is 3.00. The SMILES string of the molecule is ClCCCc1ccc2ncoc2c1. The van der Waals surface area contributed by atoms with Crippen LogP contribution in [0.4, 0.5) is 0 Å². The molecule has 68 valence electrons. The van der Waals surface area contributed by atoms with Gasteiger partial charge in [-0.3, -0.25) is 0 Å². The Labute approximate surface area is 81.5 Å². The first kappa shape index (κ1) is 8.57. The summed E-state index contributed by atoms with van der Waals surface area (Å²) in [6, 6.07) is 6.06. The fourth-order valence-electron chi connectivity index (χ4n) is 1.33. The first-order valence-electron chi connectivity index (χ1n) is 4.28. The molecule has 1 aromatic heterocycles. The van der Waals surface area contributed by atoms with Gasteiger partial charge in [0, 0.05) is 5.88 Å². The summed E-state index contributed by atoms with van der Waals surface area (Å²) in [7, 11) is 0. The highest BCUT2D eigenvalue weighted by Gasteiger charge is 1.99. The highest BCUT2D eigenvalue weighted by atomic mass is 35.5. The molecule has 0 bridgehead atoms. The summed E-state index contributed by atoms with van der Waals surface area (Å²) in [4.78, 5) is 4.05. The van der Waals surface area contributed by atoms with Crippen LogP contribution in [0.5, 0.6) is 0 Å². The number of fused-ring (bicyclic) bond motifs is 1. The van der Waals surface area contributed by atoms with E-state index in [2.05, 4.69) is 11.1 Å². The minimum atomic E-state index is 0.703. The van der Waals surface area contributed by atoms with Gasteiger partial charge in [-0.2, -0.15) is 0 Å². The summed E-state index contributed by atoms with van der Waals surface area (Å²) < 4.78 is 5.19. The van der Waals surface area contributed by atoms with Gasteiger partial charge in [0.25, 0.3) is 0 Å². The molecule has 0 unspecified atom stereocenters. The van der Waals surface area contributed by atoms with Crippen molar-refractivity contribution in [2.24, 2.45) is 0 Å². The van der Waals surface area contributed by atoms with Crippen molar-refractivity contribution in [1.29, 1.82) is 0 Å². The van der Waals surface area contributed by atoms with Gasteiger partial charge in [0.1, 0.15) is 5.52 Å². The van der Waals surface area contributed by atoms with E-state index in [1.807, 2.05) is 12.1 Å². The highest BCUT2D eigenvalue weighted by molar-refractivity contribution is 6.17. The number of rotatable bonds is 3. The van der Waals surface area contributed by atoms with Crippen molar-refractivity contribution < 1.29 is 4.42 Å². The molecule has 2 rings (SSSR count). The summed E-state index contributed by atoms with van der Waals surface area (Å²) in [5, 5.41) is 0. The first-order chi connectivity index (χ1) is 6.40. The van der Waals surface area contributed by atoms with Gasteiger partial charge in [-0.15, -0.1) is 11.6 Å². The summed E-state index contributed by atoms with van der Waals surface area (Å²) in [5.74, 6) is 0.703. The maximum atomic E-state index is 5.61. The number of hydrogen-bond acceptors (Lipinski definition) is 2. The normalized spacial score (nSPS) is 10.8. The molecule has 0 atom stereocenters. The summed E-state index contributed by atoms with van der Waals surface area (Å²) in [5.41, 5.74) is 3.02. The maximum absolute atomic E-state index is 5.61. The lowest BCUT2D eigenvalue weighted by Crippen LogP contribution is -1.85. The van der Waals surface area contributed by atoms with Crippen LogP contribution in [-0.4, -0.2) is 10.9 Å². The molecule has 1 aromatic carbocycles.